The molecule has 2 aromatic rings. The second-order valence-electron chi connectivity index (χ2n) is 6.33. The molecule has 4 atom stereocenters. The molecule has 1 saturated carbocycles. The fourth-order valence-electron chi connectivity index (χ4n) is 4.69. The van der Waals surface area contributed by atoms with Crippen LogP contribution in [0.5, 0.6) is 0 Å². The lowest BCUT2D eigenvalue weighted by atomic mass is 9.84. The summed E-state index contributed by atoms with van der Waals surface area (Å²) in [6.45, 7) is 10.4. The summed E-state index contributed by atoms with van der Waals surface area (Å²) in [5.74, 6) is 2.38. The van der Waals surface area contributed by atoms with Gasteiger partial charge in [-0.05, 0) is 64.5 Å². The van der Waals surface area contributed by atoms with Gasteiger partial charge in [0, 0.05) is 0 Å². The predicted octanol–water partition coefficient (Wildman–Crippen LogP) is 5.34. The van der Waals surface area contributed by atoms with Gasteiger partial charge < -0.3 is 0 Å². The zero-order chi connectivity index (χ0) is 13.9. The predicted molar refractivity (Wildman–Crippen MR) is 86.2 cm³/mol. The van der Waals surface area contributed by atoms with E-state index in [-0.39, 0.29) is 0 Å². The van der Waals surface area contributed by atoms with Gasteiger partial charge in [0.15, 0.2) is 0 Å². The molecule has 1 fully saturated rings. The van der Waals surface area contributed by atoms with Gasteiger partial charge in [0.1, 0.15) is 0 Å². The maximum atomic E-state index is 4.09. The Kier molecular flexibility index (Phi) is 2.44. The maximum absolute atomic E-state index is 4.09. The summed E-state index contributed by atoms with van der Waals surface area (Å²) in [6.07, 6.45) is 5.54. The first-order chi connectivity index (χ1) is 9.76. The Morgan fingerprint density at radius 2 is 1.75 bits per heavy atom. The van der Waals surface area contributed by atoms with Gasteiger partial charge in [-0.15, -0.1) is 13.2 Å². The van der Waals surface area contributed by atoms with Gasteiger partial charge in [0.2, 0.25) is 0 Å². The average Bonchev–Trinajstić information content (AvgIpc) is 3.00. The Hall–Kier alpha value is -1.82. The second kappa shape index (κ2) is 4.09. The van der Waals surface area contributed by atoms with Crippen molar-refractivity contribution in [2.75, 3.05) is 0 Å². The smallest absolute Gasteiger partial charge is 0.00153 e. The number of allylic oxidation sites excluding steroid dienone is 2. The van der Waals surface area contributed by atoms with Crippen LogP contribution in [-0.2, 0) is 0 Å². The van der Waals surface area contributed by atoms with Crippen molar-refractivity contribution in [3.05, 3.63) is 72.3 Å². The first-order valence-electron chi connectivity index (χ1n) is 7.53. The van der Waals surface area contributed by atoms with Gasteiger partial charge >= 0.3 is 0 Å². The molecular formula is C20H20. The van der Waals surface area contributed by atoms with E-state index < -0.39 is 0 Å². The Labute approximate surface area is 120 Å². The topological polar surface area (TPSA) is 0 Å². The van der Waals surface area contributed by atoms with E-state index in [1.54, 1.807) is 11.1 Å². The van der Waals surface area contributed by atoms with Gasteiger partial charge in [-0.3, -0.25) is 0 Å². The minimum absolute atomic E-state index is 0.583. The molecule has 0 heteroatoms. The molecule has 0 aliphatic heterocycles. The monoisotopic (exact) mass is 260 g/mol. The number of hydrogen-bond acceptors (Lipinski definition) is 0. The highest BCUT2D eigenvalue weighted by Crippen LogP contribution is 2.61. The van der Waals surface area contributed by atoms with E-state index in [0.29, 0.717) is 23.7 Å². The summed E-state index contributed by atoms with van der Waals surface area (Å²) in [6, 6.07) is 11.3. The lowest BCUT2D eigenvalue weighted by molar-refractivity contribution is 0.553. The molecule has 4 rings (SSSR count). The van der Waals surface area contributed by atoms with E-state index in [2.05, 4.69) is 62.6 Å². The minimum atomic E-state index is 0.583. The average molecular weight is 260 g/mol. The van der Waals surface area contributed by atoms with Crippen LogP contribution in [0.25, 0.3) is 10.8 Å². The molecule has 0 aromatic heterocycles. The van der Waals surface area contributed by atoms with E-state index in [9.17, 15) is 0 Å². The highest BCUT2D eigenvalue weighted by atomic mass is 14.5. The van der Waals surface area contributed by atoms with E-state index >= 15 is 0 Å². The zero-order valence-electron chi connectivity index (χ0n) is 12.0. The van der Waals surface area contributed by atoms with Crippen LogP contribution in [0.15, 0.2) is 55.6 Å². The van der Waals surface area contributed by atoms with Gasteiger partial charge in [0.05, 0.1) is 0 Å². The first-order valence-corrected chi connectivity index (χ1v) is 7.53. The van der Waals surface area contributed by atoms with Crippen molar-refractivity contribution >= 4 is 10.8 Å². The van der Waals surface area contributed by atoms with Crippen LogP contribution in [0.4, 0.5) is 0 Å². The van der Waals surface area contributed by atoms with Crippen molar-refractivity contribution in [3.8, 4) is 0 Å². The molecule has 2 aliphatic rings. The van der Waals surface area contributed by atoms with Gasteiger partial charge in [0.25, 0.3) is 0 Å². The Morgan fingerprint density at radius 3 is 2.50 bits per heavy atom. The van der Waals surface area contributed by atoms with Crippen molar-refractivity contribution in [1.82, 2.24) is 0 Å². The molecule has 100 valence electrons. The van der Waals surface area contributed by atoms with Crippen LogP contribution in [0.1, 0.15) is 34.9 Å². The number of benzene rings is 2. The summed E-state index contributed by atoms with van der Waals surface area (Å²) in [4.78, 5) is 0. The third kappa shape index (κ3) is 1.32. The molecule has 2 aliphatic carbocycles. The van der Waals surface area contributed by atoms with Crippen LogP contribution >= 0.6 is 0 Å². The van der Waals surface area contributed by atoms with Crippen LogP contribution in [-0.4, -0.2) is 0 Å². The quantitative estimate of drug-likeness (QED) is 0.640. The summed E-state index contributed by atoms with van der Waals surface area (Å²) < 4.78 is 0. The highest BCUT2D eigenvalue weighted by molar-refractivity contribution is 5.93. The standard InChI is InChI=1S/C20H20/c1-4-13-11-14(5-2)20-17-12(3)9-10-15-7-6-8-16(18(13)20)19(15)17/h4-10,13-14,18,20H,1-2,11H2,3H3. The minimum Gasteiger partial charge on any atom is -0.103 e. The molecule has 0 heterocycles. The van der Waals surface area contributed by atoms with E-state index in [1.807, 2.05) is 0 Å². The molecular weight excluding hydrogens is 240 g/mol. The van der Waals surface area contributed by atoms with Gasteiger partial charge in [-0.2, -0.15) is 0 Å². The Balaban J connectivity index is 2.07. The molecule has 0 spiro atoms. The van der Waals surface area contributed by atoms with Crippen LogP contribution < -0.4 is 0 Å². The lowest BCUT2D eigenvalue weighted by Crippen LogP contribution is -2.07. The normalized spacial score (nSPS) is 30.4. The van der Waals surface area contributed by atoms with Crippen LogP contribution in [0.2, 0.25) is 0 Å². The second-order valence-corrected chi connectivity index (χ2v) is 6.33. The van der Waals surface area contributed by atoms with Crippen LogP contribution in [0, 0.1) is 18.8 Å². The Bertz CT molecular complexity index is 722. The molecule has 2 aromatic carbocycles. The molecule has 4 unspecified atom stereocenters. The molecule has 0 N–H and O–H groups in total. The van der Waals surface area contributed by atoms with Crippen molar-refractivity contribution in [2.24, 2.45) is 11.8 Å². The van der Waals surface area contributed by atoms with Crippen molar-refractivity contribution < 1.29 is 0 Å². The fraction of sp³-hybridized carbons (Fsp3) is 0.300. The maximum Gasteiger partial charge on any atom is -0.00153 e. The summed E-state index contributed by atoms with van der Waals surface area (Å²) in [5, 5.41) is 2.91. The van der Waals surface area contributed by atoms with Crippen LogP contribution in [0.3, 0.4) is 0 Å². The first kappa shape index (κ1) is 12.0. The fourth-order valence-corrected chi connectivity index (χ4v) is 4.69. The third-order valence-electron chi connectivity index (χ3n) is 5.49. The van der Waals surface area contributed by atoms with E-state index in [4.69, 9.17) is 0 Å². The molecule has 0 bridgehead atoms. The largest absolute Gasteiger partial charge is 0.103 e. The van der Waals surface area contributed by atoms with Gasteiger partial charge in [-0.25, -0.2) is 0 Å². The van der Waals surface area contributed by atoms with Gasteiger partial charge in [-0.1, -0.05) is 42.5 Å². The molecule has 0 amide bonds. The van der Waals surface area contributed by atoms with Crippen molar-refractivity contribution in [3.63, 3.8) is 0 Å². The SMILES string of the molecule is C=CC1CC(C=C)C2c3c(C)ccc4cccc(c34)C12. The molecule has 20 heavy (non-hydrogen) atoms. The Morgan fingerprint density at radius 1 is 1.00 bits per heavy atom. The summed E-state index contributed by atoms with van der Waals surface area (Å²) in [5.41, 5.74) is 4.56. The molecule has 0 nitrogen and oxygen atoms in total. The molecule has 0 saturated heterocycles. The van der Waals surface area contributed by atoms with E-state index in [1.165, 1.54) is 22.8 Å². The third-order valence-corrected chi connectivity index (χ3v) is 5.49. The summed E-state index contributed by atoms with van der Waals surface area (Å²) in [7, 11) is 0. The summed E-state index contributed by atoms with van der Waals surface area (Å²) >= 11 is 0. The number of hydrogen-bond donors (Lipinski definition) is 0. The number of aryl methyl sites for hydroxylation is 1. The zero-order valence-corrected chi connectivity index (χ0v) is 12.0. The number of fused-ring (bicyclic) bond motifs is 3. The number of rotatable bonds is 2. The highest BCUT2D eigenvalue weighted by Gasteiger charge is 2.47. The lowest BCUT2D eigenvalue weighted by Gasteiger charge is -2.19. The van der Waals surface area contributed by atoms with Crippen molar-refractivity contribution in [1.29, 1.82) is 0 Å². The van der Waals surface area contributed by atoms with E-state index in [0.717, 1.165) is 0 Å². The van der Waals surface area contributed by atoms with Crippen molar-refractivity contribution in [2.45, 2.75) is 25.2 Å². The molecule has 0 radical (unpaired) electrons.